The van der Waals surface area contributed by atoms with Crippen LogP contribution < -0.4 is 4.13 Å². The predicted molar refractivity (Wildman–Crippen MR) is 72.8 cm³/mol. The molecule has 5 nitrogen and oxygen atoms in total. The third-order valence-electron chi connectivity index (χ3n) is 5.07. The largest absolute Gasteiger partial charge is 0.486 e. The van der Waals surface area contributed by atoms with Crippen LogP contribution in [0.4, 0.5) is 13.2 Å². The summed E-state index contributed by atoms with van der Waals surface area (Å²) in [7, 11) is -8.36. The van der Waals surface area contributed by atoms with Crippen LogP contribution >= 0.6 is 0 Å². The Hall–Kier alpha value is -0.190. The van der Waals surface area contributed by atoms with E-state index in [1.807, 2.05) is 0 Å². The predicted octanol–water partition coefficient (Wildman–Crippen LogP) is 2.24. The minimum absolute atomic E-state index is 0.124. The van der Waals surface area contributed by atoms with Crippen LogP contribution in [0.5, 0.6) is 0 Å². The van der Waals surface area contributed by atoms with Gasteiger partial charge >= 0.3 is 15.8 Å². The van der Waals surface area contributed by atoms with E-state index in [1.165, 1.54) is 19.3 Å². The Labute approximate surface area is 129 Å². The van der Waals surface area contributed by atoms with Gasteiger partial charge in [-0.2, -0.15) is 21.6 Å². The monoisotopic (exact) mass is 361 g/mol. The van der Waals surface area contributed by atoms with Gasteiger partial charge in [-0.25, -0.2) is 4.21 Å². The molecule has 0 radical (unpaired) electrons. The maximum atomic E-state index is 12.2. The van der Waals surface area contributed by atoms with Gasteiger partial charge in [0.2, 0.25) is 11.0 Å². The Morgan fingerprint density at radius 1 is 1.09 bits per heavy atom. The molecule has 4 saturated carbocycles. The number of nitrogens with one attached hydrogen (secondary N) is 1. The molecule has 1 N–H and O–H groups in total. The molecule has 0 aromatic rings. The normalized spacial score (nSPS) is 39.1. The Bertz CT molecular complexity index is 540. The summed E-state index contributed by atoms with van der Waals surface area (Å²) in [6.45, 7) is -0.124. The molecule has 0 amide bonds. The van der Waals surface area contributed by atoms with Crippen molar-refractivity contribution >= 4 is 21.3 Å². The maximum absolute atomic E-state index is 12.2. The van der Waals surface area contributed by atoms with Gasteiger partial charge < -0.3 is 0 Å². The first-order chi connectivity index (χ1) is 10.1. The summed E-state index contributed by atoms with van der Waals surface area (Å²) in [4.78, 5) is 0. The number of alkyl halides is 3. The van der Waals surface area contributed by atoms with Crippen molar-refractivity contribution in [3.63, 3.8) is 0 Å². The molecule has 4 fully saturated rings. The Morgan fingerprint density at radius 3 is 1.95 bits per heavy atom. The number of rotatable bonds is 5. The van der Waals surface area contributed by atoms with Crippen LogP contribution in [0.1, 0.15) is 38.5 Å². The molecule has 4 aliphatic rings. The van der Waals surface area contributed by atoms with Crippen molar-refractivity contribution in [2.75, 3.05) is 6.61 Å². The van der Waals surface area contributed by atoms with Gasteiger partial charge in [0.05, 0.1) is 6.61 Å². The molecular weight excluding hydrogens is 343 g/mol. The van der Waals surface area contributed by atoms with Gasteiger partial charge in [-0.3, -0.25) is 4.18 Å². The van der Waals surface area contributed by atoms with E-state index in [1.54, 1.807) is 0 Å². The summed E-state index contributed by atoms with van der Waals surface area (Å²) in [5, 5.41) is 0. The summed E-state index contributed by atoms with van der Waals surface area (Å²) in [6.07, 6.45) is 6.12. The number of hydrogen-bond acceptors (Lipinski definition) is 4. The highest BCUT2D eigenvalue weighted by Crippen LogP contribution is 2.60. The average molecular weight is 361 g/mol. The second-order valence-electron chi connectivity index (χ2n) is 6.93. The van der Waals surface area contributed by atoms with Crippen LogP contribution in [0.25, 0.3) is 0 Å². The SMILES string of the molecule is O=S(NS(=O)(=O)OCC12CC3CC(CC(C3)C1)C2)C(F)(F)F. The molecule has 22 heavy (non-hydrogen) atoms. The van der Waals surface area contributed by atoms with Crippen molar-refractivity contribution in [3.8, 4) is 0 Å². The highest BCUT2D eigenvalue weighted by Gasteiger charge is 2.51. The molecule has 128 valence electrons. The van der Waals surface area contributed by atoms with Crippen molar-refractivity contribution in [3.05, 3.63) is 0 Å². The van der Waals surface area contributed by atoms with E-state index in [9.17, 15) is 25.8 Å². The highest BCUT2D eigenvalue weighted by atomic mass is 32.3. The van der Waals surface area contributed by atoms with E-state index >= 15 is 0 Å². The van der Waals surface area contributed by atoms with E-state index in [-0.39, 0.29) is 12.0 Å². The van der Waals surface area contributed by atoms with E-state index in [0.29, 0.717) is 17.8 Å². The van der Waals surface area contributed by atoms with Crippen molar-refractivity contribution in [2.24, 2.45) is 23.2 Å². The zero-order valence-corrected chi connectivity index (χ0v) is 13.4. The van der Waals surface area contributed by atoms with Gasteiger partial charge in [0, 0.05) is 0 Å². The topological polar surface area (TPSA) is 72.5 Å². The zero-order valence-electron chi connectivity index (χ0n) is 11.8. The Morgan fingerprint density at radius 2 is 1.55 bits per heavy atom. The Kier molecular flexibility index (Phi) is 4.11. The van der Waals surface area contributed by atoms with Gasteiger partial charge in [0.1, 0.15) is 0 Å². The quantitative estimate of drug-likeness (QED) is 0.815. The second kappa shape index (κ2) is 5.42. The van der Waals surface area contributed by atoms with Gasteiger partial charge in [-0.1, -0.05) is 0 Å². The van der Waals surface area contributed by atoms with E-state index < -0.39 is 26.8 Å². The van der Waals surface area contributed by atoms with Crippen LogP contribution in [0, 0.1) is 23.2 Å². The summed E-state index contributed by atoms with van der Waals surface area (Å²) in [5.41, 5.74) is -5.39. The molecule has 10 heteroatoms. The fraction of sp³-hybridized carbons (Fsp3) is 1.00. The van der Waals surface area contributed by atoms with Crippen LogP contribution in [0.3, 0.4) is 0 Å². The van der Waals surface area contributed by atoms with Crippen LogP contribution in [0.15, 0.2) is 0 Å². The van der Waals surface area contributed by atoms with E-state index in [0.717, 1.165) is 23.4 Å². The van der Waals surface area contributed by atoms with Gasteiger partial charge in [0.15, 0.2) is 0 Å². The molecule has 0 aliphatic heterocycles. The molecule has 4 rings (SSSR count). The molecule has 1 atom stereocenters. The lowest BCUT2D eigenvalue weighted by atomic mass is 9.50. The fourth-order valence-electron chi connectivity index (χ4n) is 4.83. The fourth-order valence-corrected chi connectivity index (χ4v) is 6.55. The van der Waals surface area contributed by atoms with E-state index in [2.05, 4.69) is 0 Å². The molecule has 4 aliphatic carbocycles. The van der Waals surface area contributed by atoms with E-state index in [4.69, 9.17) is 4.18 Å². The van der Waals surface area contributed by atoms with Crippen molar-refractivity contribution in [1.82, 2.24) is 4.13 Å². The lowest BCUT2D eigenvalue weighted by Gasteiger charge is -2.56. The first-order valence-corrected chi connectivity index (χ1v) is 9.78. The smallest absolute Gasteiger partial charge is 0.257 e. The number of hydrogen-bond donors (Lipinski definition) is 1. The van der Waals surface area contributed by atoms with Crippen molar-refractivity contribution in [1.29, 1.82) is 0 Å². The second-order valence-corrected chi connectivity index (χ2v) is 9.74. The number of halogens is 3. The third kappa shape index (κ3) is 3.49. The summed E-state index contributed by atoms with van der Waals surface area (Å²) in [6, 6.07) is 0. The first-order valence-electron chi connectivity index (χ1n) is 7.22. The van der Waals surface area contributed by atoms with Gasteiger partial charge in [-0.15, -0.1) is 4.13 Å². The molecule has 0 aromatic heterocycles. The summed E-state index contributed by atoms with van der Waals surface area (Å²) < 4.78 is 76.2. The Balaban J connectivity index is 1.61. The average Bonchev–Trinajstić information content (AvgIpc) is 2.33. The van der Waals surface area contributed by atoms with Gasteiger partial charge in [-0.05, 0) is 61.7 Å². The van der Waals surface area contributed by atoms with Crippen molar-refractivity contribution in [2.45, 2.75) is 44.0 Å². The zero-order chi connectivity index (χ0) is 16.2. The highest BCUT2D eigenvalue weighted by molar-refractivity contribution is 7.99. The maximum Gasteiger partial charge on any atom is 0.486 e. The molecule has 0 spiro atoms. The summed E-state index contributed by atoms with van der Waals surface area (Å²) >= 11 is 0. The first kappa shape index (κ1) is 16.7. The molecule has 0 saturated heterocycles. The van der Waals surface area contributed by atoms with Crippen LogP contribution in [-0.4, -0.2) is 24.7 Å². The molecular formula is C12H18F3NO4S2. The van der Waals surface area contributed by atoms with Crippen LogP contribution in [-0.2, 0) is 25.5 Å². The summed E-state index contributed by atoms with van der Waals surface area (Å²) in [5.74, 6) is 1.74. The lowest BCUT2D eigenvalue weighted by Crippen LogP contribution is -2.49. The standard InChI is InChI=1S/C12H18F3NO4S2/c13-12(14,15)21(17)16-22(18,19)20-7-11-4-8-1-9(5-11)3-10(2-8)6-11/h8-10,16H,1-7H2. The lowest BCUT2D eigenvalue weighted by molar-refractivity contribution is -0.0737. The molecule has 1 unspecified atom stereocenters. The minimum Gasteiger partial charge on any atom is -0.257 e. The molecule has 4 bridgehead atoms. The van der Waals surface area contributed by atoms with Crippen LogP contribution in [0.2, 0.25) is 0 Å². The van der Waals surface area contributed by atoms with Crippen molar-refractivity contribution < 1.29 is 30.0 Å². The van der Waals surface area contributed by atoms with Gasteiger partial charge in [0.25, 0.3) is 0 Å². The minimum atomic E-state index is -5.14. The third-order valence-corrected chi connectivity index (χ3v) is 7.34. The molecule has 0 heterocycles. The molecule has 0 aromatic carbocycles.